The highest BCUT2D eigenvalue weighted by molar-refractivity contribution is 5.31. The van der Waals surface area contributed by atoms with Gasteiger partial charge >= 0.3 is 0 Å². The summed E-state index contributed by atoms with van der Waals surface area (Å²) < 4.78 is 0. The molecular formula is C15H19N3. The van der Waals surface area contributed by atoms with Gasteiger partial charge in [-0.3, -0.25) is 0 Å². The molecule has 0 saturated heterocycles. The van der Waals surface area contributed by atoms with E-state index in [0.29, 0.717) is 5.92 Å². The van der Waals surface area contributed by atoms with E-state index in [1.807, 2.05) is 13.2 Å². The molecule has 1 aliphatic carbocycles. The SMILES string of the molecule is CNCc1cnc(C2CCc3ccccc3C2)[nH]1. The van der Waals surface area contributed by atoms with Crippen LogP contribution in [0.2, 0.25) is 0 Å². The number of hydrogen-bond acceptors (Lipinski definition) is 2. The quantitative estimate of drug-likeness (QED) is 0.866. The molecule has 18 heavy (non-hydrogen) atoms. The van der Waals surface area contributed by atoms with Gasteiger partial charge in [0.1, 0.15) is 5.82 Å². The van der Waals surface area contributed by atoms with Gasteiger partial charge in [0.15, 0.2) is 0 Å². The number of aryl methyl sites for hydroxylation is 1. The molecule has 3 heteroatoms. The zero-order chi connectivity index (χ0) is 12.4. The van der Waals surface area contributed by atoms with Crippen molar-refractivity contribution < 1.29 is 0 Å². The lowest BCUT2D eigenvalue weighted by Gasteiger charge is -2.22. The average Bonchev–Trinajstić information content (AvgIpc) is 2.87. The van der Waals surface area contributed by atoms with Gasteiger partial charge in [-0.1, -0.05) is 24.3 Å². The first kappa shape index (κ1) is 11.5. The Morgan fingerprint density at radius 1 is 1.33 bits per heavy atom. The number of rotatable bonds is 3. The number of hydrogen-bond donors (Lipinski definition) is 2. The molecular weight excluding hydrogens is 222 g/mol. The molecule has 1 atom stereocenters. The Morgan fingerprint density at radius 2 is 2.17 bits per heavy atom. The third-order valence-corrected chi connectivity index (χ3v) is 3.75. The summed E-state index contributed by atoms with van der Waals surface area (Å²) in [4.78, 5) is 7.98. The Morgan fingerprint density at radius 3 is 3.00 bits per heavy atom. The summed E-state index contributed by atoms with van der Waals surface area (Å²) in [5.41, 5.74) is 4.17. The van der Waals surface area contributed by atoms with Crippen LogP contribution in [0.25, 0.3) is 0 Å². The largest absolute Gasteiger partial charge is 0.345 e. The Balaban J connectivity index is 1.78. The highest BCUT2D eigenvalue weighted by Gasteiger charge is 2.21. The van der Waals surface area contributed by atoms with Crippen LogP contribution >= 0.6 is 0 Å². The molecule has 0 aliphatic heterocycles. The first-order chi connectivity index (χ1) is 8.86. The van der Waals surface area contributed by atoms with Gasteiger partial charge in [0, 0.05) is 24.4 Å². The fourth-order valence-corrected chi connectivity index (χ4v) is 2.80. The molecule has 1 heterocycles. The van der Waals surface area contributed by atoms with Crippen molar-refractivity contribution in [2.45, 2.75) is 31.7 Å². The molecule has 2 N–H and O–H groups in total. The Kier molecular flexibility index (Phi) is 3.15. The van der Waals surface area contributed by atoms with Crippen molar-refractivity contribution in [1.82, 2.24) is 15.3 Å². The zero-order valence-electron chi connectivity index (χ0n) is 10.7. The number of H-pyrrole nitrogens is 1. The fourth-order valence-electron chi connectivity index (χ4n) is 2.80. The van der Waals surface area contributed by atoms with Crippen LogP contribution in [-0.4, -0.2) is 17.0 Å². The molecule has 0 fully saturated rings. The van der Waals surface area contributed by atoms with E-state index in [2.05, 4.69) is 39.6 Å². The van der Waals surface area contributed by atoms with Gasteiger partial charge in [0.25, 0.3) is 0 Å². The van der Waals surface area contributed by atoms with Gasteiger partial charge in [0.2, 0.25) is 0 Å². The Bertz CT molecular complexity index is 530. The van der Waals surface area contributed by atoms with Gasteiger partial charge in [-0.25, -0.2) is 4.98 Å². The molecule has 0 amide bonds. The van der Waals surface area contributed by atoms with Crippen molar-refractivity contribution in [3.05, 3.63) is 53.1 Å². The van der Waals surface area contributed by atoms with Gasteiger partial charge in [-0.05, 0) is 37.4 Å². The topological polar surface area (TPSA) is 40.7 Å². The summed E-state index contributed by atoms with van der Waals surface area (Å²) in [5.74, 6) is 1.69. The second-order valence-corrected chi connectivity index (χ2v) is 5.03. The van der Waals surface area contributed by atoms with Crippen LogP contribution in [0, 0.1) is 0 Å². The number of nitrogens with zero attached hydrogens (tertiary/aromatic N) is 1. The molecule has 0 radical (unpaired) electrons. The molecule has 3 nitrogen and oxygen atoms in total. The minimum absolute atomic E-state index is 0.547. The predicted molar refractivity (Wildman–Crippen MR) is 72.6 cm³/mol. The first-order valence-corrected chi connectivity index (χ1v) is 6.62. The molecule has 1 aromatic heterocycles. The third kappa shape index (κ3) is 2.18. The molecule has 1 aliphatic rings. The molecule has 1 aromatic carbocycles. The summed E-state index contributed by atoms with van der Waals surface area (Å²) in [7, 11) is 1.96. The van der Waals surface area contributed by atoms with E-state index in [-0.39, 0.29) is 0 Å². The van der Waals surface area contributed by atoms with Crippen molar-refractivity contribution in [3.8, 4) is 0 Å². The maximum Gasteiger partial charge on any atom is 0.109 e. The number of benzene rings is 1. The van der Waals surface area contributed by atoms with Crippen LogP contribution in [0.1, 0.15) is 35.0 Å². The van der Waals surface area contributed by atoms with Crippen LogP contribution in [0.5, 0.6) is 0 Å². The highest BCUT2D eigenvalue weighted by atomic mass is 15.0. The van der Waals surface area contributed by atoms with Crippen LogP contribution < -0.4 is 5.32 Å². The summed E-state index contributed by atoms with van der Waals surface area (Å²) in [6, 6.07) is 8.77. The maximum atomic E-state index is 4.54. The van der Waals surface area contributed by atoms with Crippen molar-refractivity contribution in [1.29, 1.82) is 0 Å². The van der Waals surface area contributed by atoms with E-state index in [4.69, 9.17) is 0 Å². The standard InChI is InChI=1S/C15H19N3/c1-16-9-14-10-17-15(18-14)13-7-6-11-4-2-3-5-12(11)8-13/h2-5,10,13,16H,6-9H2,1H3,(H,17,18). The number of nitrogens with one attached hydrogen (secondary N) is 2. The lowest BCUT2D eigenvalue weighted by Crippen LogP contribution is -2.14. The second-order valence-electron chi connectivity index (χ2n) is 5.03. The van der Waals surface area contributed by atoms with Crippen LogP contribution in [-0.2, 0) is 19.4 Å². The van der Waals surface area contributed by atoms with Crippen molar-refractivity contribution in [3.63, 3.8) is 0 Å². The Labute approximate surface area is 108 Å². The van der Waals surface area contributed by atoms with E-state index in [0.717, 1.165) is 18.8 Å². The minimum atomic E-state index is 0.547. The summed E-state index contributed by atoms with van der Waals surface area (Å²) in [6.45, 7) is 0.857. The molecule has 3 rings (SSSR count). The number of aromatic nitrogens is 2. The zero-order valence-corrected chi connectivity index (χ0v) is 10.7. The normalized spacial score (nSPS) is 18.6. The van der Waals surface area contributed by atoms with Crippen molar-refractivity contribution in [2.75, 3.05) is 7.05 Å². The molecule has 2 aromatic rings. The molecule has 0 bridgehead atoms. The van der Waals surface area contributed by atoms with Crippen molar-refractivity contribution in [2.24, 2.45) is 0 Å². The Hall–Kier alpha value is -1.61. The van der Waals surface area contributed by atoms with E-state index in [9.17, 15) is 0 Å². The molecule has 0 saturated carbocycles. The first-order valence-electron chi connectivity index (χ1n) is 6.62. The minimum Gasteiger partial charge on any atom is -0.345 e. The van der Waals surface area contributed by atoms with Crippen LogP contribution in [0.3, 0.4) is 0 Å². The van der Waals surface area contributed by atoms with E-state index in [1.54, 1.807) is 0 Å². The van der Waals surface area contributed by atoms with E-state index >= 15 is 0 Å². The average molecular weight is 241 g/mol. The lowest BCUT2D eigenvalue weighted by atomic mass is 9.83. The summed E-state index contributed by atoms with van der Waals surface area (Å²) in [5, 5.41) is 3.14. The molecule has 1 unspecified atom stereocenters. The second kappa shape index (κ2) is 4.94. The summed E-state index contributed by atoms with van der Waals surface area (Å²) in [6.07, 6.45) is 5.43. The van der Waals surface area contributed by atoms with Crippen LogP contribution in [0.15, 0.2) is 30.5 Å². The number of imidazole rings is 1. The smallest absolute Gasteiger partial charge is 0.109 e. The van der Waals surface area contributed by atoms with E-state index < -0.39 is 0 Å². The maximum absolute atomic E-state index is 4.54. The summed E-state index contributed by atoms with van der Waals surface area (Å²) >= 11 is 0. The fraction of sp³-hybridized carbons (Fsp3) is 0.400. The van der Waals surface area contributed by atoms with Crippen molar-refractivity contribution >= 4 is 0 Å². The number of aromatic amines is 1. The highest BCUT2D eigenvalue weighted by Crippen LogP contribution is 2.30. The molecule has 0 spiro atoms. The van der Waals surface area contributed by atoms with Gasteiger partial charge in [0.05, 0.1) is 0 Å². The van der Waals surface area contributed by atoms with E-state index in [1.165, 1.54) is 29.7 Å². The molecule has 94 valence electrons. The van der Waals surface area contributed by atoms with Gasteiger partial charge in [-0.2, -0.15) is 0 Å². The predicted octanol–water partition coefficient (Wildman–Crippen LogP) is 2.40. The van der Waals surface area contributed by atoms with Gasteiger partial charge in [-0.15, -0.1) is 0 Å². The van der Waals surface area contributed by atoms with Crippen LogP contribution in [0.4, 0.5) is 0 Å². The van der Waals surface area contributed by atoms with Gasteiger partial charge < -0.3 is 10.3 Å². The lowest BCUT2D eigenvalue weighted by molar-refractivity contribution is 0.558. The number of fused-ring (bicyclic) bond motifs is 1. The third-order valence-electron chi connectivity index (χ3n) is 3.75. The monoisotopic (exact) mass is 241 g/mol.